The van der Waals surface area contributed by atoms with Gasteiger partial charge in [0.2, 0.25) is 0 Å². The van der Waals surface area contributed by atoms with Gasteiger partial charge in [-0.1, -0.05) is 54.6 Å². The van der Waals surface area contributed by atoms with E-state index in [1.807, 2.05) is 65.2 Å². The van der Waals surface area contributed by atoms with Gasteiger partial charge in [0, 0.05) is 5.39 Å². The molecule has 116 valence electrons. The highest BCUT2D eigenvalue weighted by Crippen LogP contribution is 2.30. The van der Waals surface area contributed by atoms with E-state index < -0.39 is 5.97 Å². The van der Waals surface area contributed by atoms with Gasteiger partial charge in [-0.3, -0.25) is 4.57 Å². The van der Waals surface area contributed by atoms with Gasteiger partial charge in [0.05, 0.1) is 11.2 Å². The van der Waals surface area contributed by atoms with Crippen LogP contribution in [-0.4, -0.2) is 20.6 Å². The Morgan fingerprint density at radius 2 is 1.62 bits per heavy atom. The van der Waals surface area contributed by atoms with Gasteiger partial charge in [0.1, 0.15) is 5.82 Å². The van der Waals surface area contributed by atoms with Crippen molar-refractivity contribution >= 4 is 16.9 Å². The largest absolute Gasteiger partial charge is 0.477 e. The maximum Gasteiger partial charge on any atom is 0.354 e. The summed E-state index contributed by atoms with van der Waals surface area (Å²) < 4.78 is 2.00. The molecule has 0 aliphatic carbocycles. The number of hydrogen-bond acceptors (Lipinski definition) is 2. The maximum absolute atomic E-state index is 11.3. The van der Waals surface area contributed by atoms with Crippen LogP contribution in [0.4, 0.5) is 0 Å². The number of aromatic nitrogens is 2. The number of pyridine rings is 1. The summed E-state index contributed by atoms with van der Waals surface area (Å²) in [7, 11) is 0. The summed E-state index contributed by atoms with van der Waals surface area (Å²) in [6.07, 6.45) is 0. The summed E-state index contributed by atoms with van der Waals surface area (Å²) in [5.74, 6) is -0.440. The number of aromatic carboxylic acids is 1. The van der Waals surface area contributed by atoms with Gasteiger partial charge in [-0.25, -0.2) is 9.78 Å². The molecule has 0 amide bonds. The Labute approximate surface area is 138 Å². The zero-order valence-electron chi connectivity index (χ0n) is 12.8. The van der Waals surface area contributed by atoms with E-state index in [-0.39, 0.29) is 5.69 Å². The van der Waals surface area contributed by atoms with Crippen LogP contribution in [0.1, 0.15) is 10.5 Å². The molecule has 0 atom stereocenters. The normalized spacial score (nSPS) is 10.8. The summed E-state index contributed by atoms with van der Waals surface area (Å²) >= 11 is 0. The highest BCUT2D eigenvalue weighted by molar-refractivity contribution is 5.89. The molecule has 4 rings (SSSR count). The molecule has 2 aromatic heterocycles. The summed E-state index contributed by atoms with van der Waals surface area (Å²) in [4.78, 5) is 15.6. The summed E-state index contributed by atoms with van der Waals surface area (Å²) in [5.41, 5.74) is 3.05. The molecule has 0 unspecified atom stereocenters. The Morgan fingerprint density at radius 1 is 0.875 bits per heavy atom. The number of hydrogen-bond donors (Lipinski definition) is 1. The van der Waals surface area contributed by atoms with E-state index >= 15 is 0 Å². The van der Waals surface area contributed by atoms with Gasteiger partial charge in [-0.15, -0.1) is 0 Å². The van der Waals surface area contributed by atoms with Crippen molar-refractivity contribution in [3.63, 3.8) is 0 Å². The van der Waals surface area contributed by atoms with Crippen molar-refractivity contribution in [3.05, 3.63) is 84.6 Å². The molecule has 0 spiro atoms. The molecule has 1 N–H and O–H groups in total. The number of fused-ring (bicyclic) bond motifs is 1. The number of carboxylic acid groups (broad SMARTS) is 1. The molecule has 4 heteroatoms. The van der Waals surface area contributed by atoms with Crippen molar-refractivity contribution in [1.29, 1.82) is 0 Å². The molecule has 0 radical (unpaired) electrons. The molecule has 2 aromatic carbocycles. The first kappa shape index (κ1) is 14.2. The molecule has 4 nitrogen and oxygen atoms in total. The Balaban J connectivity index is 2.03. The SMILES string of the molecule is O=C(O)c1cccc(-n2c(-c3ccccc3)cc3ccccc32)n1. The number of nitrogens with zero attached hydrogens (tertiary/aromatic N) is 2. The third-order valence-electron chi connectivity index (χ3n) is 3.96. The van der Waals surface area contributed by atoms with Crippen LogP contribution in [0.3, 0.4) is 0 Å². The van der Waals surface area contributed by atoms with E-state index in [9.17, 15) is 9.90 Å². The second kappa shape index (κ2) is 5.66. The Morgan fingerprint density at radius 3 is 2.42 bits per heavy atom. The van der Waals surface area contributed by atoms with Crippen LogP contribution in [0.5, 0.6) is 0 Å². The molecule has 4 aromatic rings. The molecule has 0 bridgehead atoms. The molecule has 0 aliphatic heterocycles. The minimum Gasteiger partial charge on any atom is -0.477 e. The van der Waals surface area contributed by atoms with Crippen molar-refractivity contribution < 1.29 is 9.90 Å². The van der Waals surface area contributed by atoms with Crippen LogP contribution in [0.15, 0.2) is 78.9 Å². The summed E-state index contributed by atoms with van der Waals surface area (Å²) in [6.45, 7) is 0. The zero-order chi connectivity index (χ0) is 16.5. The van der Waals surface area contributed by atoms with Gasteiger partial charge < -0.3 is 5.11 Å². The predicted molar refractivity (Wildman–Crippen MR) is 93.5 cm³/mol. The average Bonchev–Trinajstić information content (AvgIpc) is 3.02. The fourth-order valence-corrected chi connectivity index (χ4v) is 2.89. The van der Waals surface area contributed by atoms with Crippen LogP contribution in [-0.2, 0) is 0 Å². The minimum atomic E-state index is -1.03. The first-order valence-electron chi connectivity index (χ1n) is 7.61. The average molecular weight is 314 g/mol. The van der Waals surface area contributed by atoms with E-state index in [1.54, 1.807) is 6.07 Å². The number of rotatable bonds is 3. The summed E-state index contributed by atoms with van der Waals surface area (Å²) in [5, 5.41) is 10.3. The van der Waals surface area contributed by atoms with Crippen LogP contribution in [0.2, 0.25) is 0 Å². The van der Waals surface area contributed by atoms with Crippen molar-refractivity contribution in [2.24, 2.45) is 0 Å². The maximum atomic E-state index is 11.3. The molecule has 24 heavy (non-hydrogen) atoms. The lowest BCUT2D eigenvalue weighted by molar-refractivity contribution is 0.0690. The van der Waals surface area contributed by atoms with E-state index in [0.717, 1.165) is 22.2 Å². The smallest absolute Gasteiger partial charge is 0.354 e. The summed E-state index contributed by atoms with van der Waals surface area (Å²) in [6, 6.07) is 25.2. The Bertz CT molecular complexity index is 1040. The standard InChI is InChI=1S/C20H14N2O2/c23-20(24)16-10-6-12-19(21-16)22-17-11-5-4-9-15(17)13-18(22)14-7-2-1-3-8-14/h1-13H,(H,23,24). The van der Waals surface area contributed by atoms with Crippen molar-refractivity contribution in [2.75, 3.05) is 0 Å². The molecule has 0 saturated heterocycles. The van der Waals surface area contributed by atoms with Crippen molar-refractivity contribution in [3.8, 4) is 17.1 Å². The fourth-order valence-electron chi connectivity index (χ4n) is 2.89. The van der Waals surface area contributed by atoms with Crippen LogP contribution in [0, 0.1) is 0 Å². The van der Waals surface area contributed by atoms with Crippen molar-refractivity contribution in [1.82, 2.24) is 9.55 Å². The second-order valence-corrected chi connectivity index (χ2v) is 5.48. The van der Waals surface area contributed by atoms with E-state index in [1.165, 1.54) is 6.07 Å². The molecule has 0 aliphatic rings. The lowest BCUT2D eigenvalue weighted by Crippen LogP contribution is -2.05. The van der Waals surface area contributed by atoms with E-state index in [2.05, 4.69) is 11.1 Å². The number of benzene rings is 2. The lowest BCUT2D eigenvalue weighted by atomic mass is 10.1. The molecule has 0 saturated carbocycles. The number of carboxylic acids is 1. The quantitative estimate of drug-likeness (QED) is 0.610. The third-order valence-corrected chi connectivity index (χ3v) is 3.96. The monoisotopic (exact) mass is 314 g/mol. The third kappa shape index (κ3) is 2.34. The second-order valence-electron chi connectivity index (χ2n) is 5.48. The predicted octanol–water partition coefficient (Wildman–Crippen LogP) is 4.39. The van der Waals surface area contributed by atoms with Gasteiger partial charge in [-0.2, -0.15) is 0 Å². The molecular formula is C20H14N2O2. The topological polar surface area (TPSA) is 55.1 Å². The fraction of sp³-hybridized carbons (Fsp3) is 0. The lowest BCUT2D eigenvalue weighted by Gasteiger charge is -2.11. The number of carbonyl (C=O) groups is 1. The van der Waals surface area contributed by atoms with E-state index in [4.69, 9.17) is 0 Å². The Kier molecular flexibility index (Phi) is 3.35. The van der Waals surface area contributed by atoms with Crippen molar-refractivity contribution in [2.45, 2.75) is 0 Å². The molecular weight excluding hydrogens is 300 g/mol. The van der Waals surface area contributed by atoms with Gasteiger partial charge in [0.25, 0.3) is 0 Å². The highest BCUT2D eigenvalue weighted by Gasteiger charge is 2.14. The molecule has 0 fully saturated rings. The van der Waals surface area contributed by atoms with Gasteiger partial charge >= 0.3 is 5.97 Å². The van der Waals surface area contributed by atoms with Crippen LogP contribution in [0.25, 0.3) is 28.0 Å². The minimum absolute atomic E-state index is 0.0318. The molecule has 2 heterocycles. The first-order chi connectivity index (χ1) is 11.7. The van der Waals surface area contributed by atoms with Crippen LogP contribution < -0.4 is 0 Å². The van der Waals surface area contributed by atoms with Gasteiger partial charge in [-0.05, 0) is 29.8 Å². The van der Waals surface area contributed by atoms with E-state index in [0.29, 0.717) is 5.82 Å². The van der Waals surface area contributed by atoms with Gasteiger partial charge in [0.15, 0.2) is 5.69 Å². The first-order valence-corrected chi connectivity index (χ1v) is 7.61. The Hall–Kier alpha value is -3.40. The number of para-hydroxylation sites is 1. The highest BCUT2D eigenvalue weighted by atomic mass is 16.4. The van der Waals surface area contributed by atoms with Crippen LogP contribution >= 0.6 is 0 Å². The zero-order valence-corrected chi connectivity index (χ0v) is 12.8.